The summed E-state index contributed by atoms with van der Waals surface area (Å²) in [7, 11) is 0. The van der Waals surface area contributed by atoms with Crippen LogP contribution in [0.4, 0.5) is 0 Å². The minimum absolute atomic E-state index is 0.107. The van der Waals surface area contributed by atoms with Gasteiger partial charge in [-0.3, -0.25) is 4.79 Å². The molecule has 3 N–H and O–H groups in total. The molecule has 1 heterocycles. The Morgan fingerprint density at radius 1 is 1.80 bits per heavy atom. The molecular weight excluding hydrogens is 132 g/mol. The number of carbonyl (C=O) groups is 1. The number of hydrogen-bond acceptors (Lipinski definition) is 3. The fourth-order valence-electron chi connectivity index (χ4n) is 1.11. The fourth-order valence-corrected chi connectivity index (χ4v) is 1.11. The van der Waals surface area contributed by atoms with Crippen molar-refractivity contribution in [1.29, 1.82) is 0 Å². The number of aliphatic hydroxyl groups is 1. The molecule has 4 heteroatoms. The lowest BCUT2D eigenvalue weighted by molar-refractivity contribution is -0.133. The molecule has 0 spiro atoms. The second-order valence-corrected chi connectivity index (χ2v) is 2.55. The highest BCUT2D eigenvalue weighted by Gasteiger charge is 2.22. The van der Waals surface area contributed by atoms with E-state index in [0.717, 1.165) is 6.42 Å². The van der Waals surface area contributed by atoms with Gasteiger partial charge in [0.1, 0.15) is 6.61 Å². The average Bonchev–Trinajstić information content (AvgIpc) is 2.34. The molecule has 0 aromatic heterocycles. The van der Waals surface area contributed by atoms with Crippen LogP contribution in [-0.2, 0) is 4.79 Å². The number of amides is 1. The summed E-state index contributed by atoms with van der Waals surface area (Å²) in [5.41, 5.74) is 5.54. The predicted molar refractivity (Wildman–Crippen MR) is 36.3 cm³/mol. The normalized spacial score (nSPS) is 25.4. The van der Waals surface area contributed by atoms with Crippen LogP contribution in [0.1, 0.15) is 6.42 Å². The van der Waals surface area contributed by atoms with Crippen LogP contribution >= 0.6 is 0 Å². The molecule has 0 aromatic rings. The lowest BCUT2D eigenvalue weighted by Crippen LogP contribution is -2.33. The summed E-state index contributed by atoms with van der Waals surface area (Å²) in [6.45, 7) is 0.896. The van der Waals surface area contributed by atoms with Crippen molar-refractivity contribution in [3.05, 3.63) is 0 Å². The van der Waals surface area contributed by atoms with E-state index in [1.807, 2.05) is 0 Å². The van der Waals surface area contributed by atoms with Gasteiger partial charge in [-0.1, -0.05) is 0 Å². The molecule has 1 amide bonds. The lowest BCUT2D eigenvalue weighted by atomic mass is 10.3. The SMILES string of the molecule is N[C@@H]1CCN(C(=O)CO)C1. The molecule has 1 atom stereocenters. The summed E-state index contributed by atoms with van der Waals surface area (Å²) < 4.78 is 0. The van der Waals surface area contributed by atoms with Crippen LogP contribution in [0, 0.1) is 0 Å². The Bertz CT molecular complexity index is 138. The van der Waals surface area contributed by atoms with Crippen molar-refractivity contribution in [1.82, 2.24) is 4.90 Å². The van der Waals surface area contributed by atoms with Crippen molar-refractivity contribution in [3.8, 4) is 0 Å². The van der Waals surface area contributed by atoms with Crippen molar-refractivity contribution in [2.24, 2.45) is 5.73 Å². The van der Waals surface area contributed by atoms with Gasteiger partial charge in [0.2, 0.25) is 5.91 Å². The first-order valence-corrected chi connectivity index (χ1v) is 3.38. The number of hydrogen-bond donors (Lipinski definition) is 2. The molecule has 0 aromatic carbocycles. The topological polar surface area (TPSA) is 66.6 Å². The lowest BCUT2D eigenvalue weighted by Gasteiger charge is -2.12. The number of rotatable bonds is 1. The first kappa shape index (κ1) is 7.50. The molecule has 1 rings (SSSR count). The second-order valence-electron chi connectivity index (χ2n) is 2.55. The van der Waals surface area contributed by atoms with Crippen molar-refractivity contribution >= 4 is 5.91 Å². The largest absolute Gasteiger partial charge is 0.387 e. The highest BCUT2D eigenvalue weighted by atomic mass is 16.3. The van der Waals surface area contributed by atoms with Gasteiger partial charge in [-0.25, -0.2) is 0 Å². The number of likely N-dealkylation sites (tertiary alicyclic amines) is 1. The van der Waals surface area contributed by atoms with Gasteiger partial charge in [-0.2, -0.15) is 0 Å². The summed E-state index contributed by atoms with van der Waals surface area (Å²) >= 11 is 0. The summed E-state index contributed by atoms with van der Waals surface area (Å²) in [4.78, 5) is 12.4. The van der Waals surface area contributed by atoms with Crippen LogP contribution < -0.4 is 5.73 Å². The molecule has 4 nitrogen and oxygen atoms in total. The van der Waals surface area contributed by atoms with Gasteiger partial charge in [0.15, 0.2) is 0 Å². The van der Waals surface area contributed by atoms with Crippen LogP contribution in [-0.4, -0.2) is 41.7 Å². The first-order valence-electron chi connectivity index (χ1n) is 3.38. The Hall–Kier alpha value is -0.610. The number of carbonyl (C=O) groups excluding carboxylic acids is 1. The van der Waals surface area contributed by atoms with E-state index >= 15 is 0 Å². The maximum atomic E-state index is 10.8. The minimum Gasteiger partial charge on any atom is -0.387 e. The van der Waals surface area contributed by atoms with Gasteiger partial charge < -0.3 is 15.7 Å². The fraction of sp³-hybridized carbons (Fsp3) is 0.833. The molecule has 0 aliphatic carbocycles. The van der Waals surface area contributed by atoms with E-state index in [0.29, 0.717) is 13.1 Å². The molecule has 0 unspecified atom stereocenters. The Labute approximate surface area is 59.6 Å². The Kier molecular flexibility index (Phi) is 2.24. The van der Waals surface area contributed by atoms with Crippen molar-refractivity contribution in [2.45, 2.75) is 12.5 Å². The van der Waals surface area contributed by atoms with Crippen LogP contribution in [0.15, 0.2) is 0 Å². The van der Waals surface area contributed by atoms with E-state index in [-0.39, 0.29) is 11.9 Å². The van der Waals surface area contributed by atoms with Crippen LogP contribution in [0.2, 0.25) is 0 Å². The molecule has 1 saturated heterocycles. The van der Waals surface area contributed by atoms with Gasteiger partial charge >= 0.3 is 0 Å². The number of nitrogens with zero attached hydrogens (tertiary/aromatic N) is 1. The molecule has 0 radical (unpaired) electrons. The third-order valence-electron chi connectivity index (χ3n) is 1.71. The van der Waals surface area contributed by atoms with E-state index in [4.69, 9.17) is 10.8 Å². The van der Waals surface area contributed by atoms with E-state index in [9.17, 15) is 4.79 Å². The van der Waals surface area contributed by atoms with Crippen molar-refractivity contribution in [3.63, 3.8) is 0 Å². The van der Waals surface area contributed by atoms with Crippen LogP contribution in [0.3, 0.4) is 0 Å². The highest BCUT2D eigenvalue weighted by molar-refractivity contribution is 5.77. The van der Waals surface area contributed by atoms with E-state index in [1.165, 1.54) is 0 Å². The standard InChI is InChI=1S/C6H12N2O2/c7-5-1-2-8(3-5)6(10)4-9/h5,9H,1-4,7H2/t5-/m1/s1. The monoisotopic (exact) mass is 144 g/mol. The van der Waals surface area contributed by atoms with E-state index in [2.05, 4.69) is 0 Å². The van der Waals surface area contributed by atoms with Crippen LogP contribution in [0.5, 0.6) is 0 Å². The van der Waals surface area contributed by atoms with E-state index < -0.39 is 6.61 Å². The molecule has 1 aliphatic heterocycles. The molecule has 10 heavy (non-hydrogen) atoms. The van der Waals surface area contributed by atoms with Gasteiger partial charge in [0.25, 0.3) is 0 Å². The third kappa shape index (κ3) is 1.46. The molecule has 58 valence electrons. The summed E-state index contributed by atoms with van der Waals surface area (Å²) in [6.07, 6.45) is 0.853. The molecule has 1 fully saturated rings. The van der Waals surface area contributed by atoms with Gasteiger partial charge in [0.05, 0.1) is 0 Å². The molecular formula is C6H12N2O2. The predicted octanol–water partition coefficient (Wildman–Crippen LogP) is -1.46. The van der Waals surface area contributed by atoms with Crippen molar-refractivity contribution < 1.29 is 9.90 Å². The maximum Gasteiger partial charge on any atom is 0.248 e. The summed E-state index contributed by atoms with van der Waals surface area (Å²) in [6, 6.07) is 0.107. The maximum absolute atomic E-state index is 10.8. The van der Waals surface area contributed by atoms with Gasteiger partial charge in [0, 0.05) is 19.1 Å². The highest BCUT2D eigenvalue weighted by Crippen LogP contribution is 2.05. The summed E-state index contributed by atoms with van der Waals surface area (Å²) in [5.74, 6) is -0.215. The molecule has 1 aliphatic rings. The smallest absolute Gasteiger partial charge is 0.248 e. The third-order valence-corrected chi connectivity index (χ3v) is 1.71. The number of nitrogens with two attached hydrogens (primary N) is 1. The number of aliphatic hydroxyl groups excluding tert-OH is 1. The molecule has 0 bridgehead atoms. The summed E-state index contributed by atoms with van der Waals surface area (Å²) in [5, 5.41) is 8.45. The second kappa shape index (κ2) is 2.98. The Balaban J connectivity index is 2.37. The molecule has 0 saturated carbocycles. The Morgan fingerprint density at radius 2 is 2.50 bits per heavy atom. The zero-order chi connectivity index (χ0) is 7.56. The quantitative estimate of drug-likeness (QED) is 0.472. The Morgan fingerprint density at radius 3 is 2.90 bits per heavy atom. The zero-order valence-corrected chi connectivity index (χ0v) is 5.79. The van der Waals surface area contributed by atoms with Crippen molar-refractivity contribution in [2.75, 3.05) is 19.7 Å². The van der Waals surface area contributed by atoms with Gasteiger partial charge in [-0.15, -0.1) is 0 Å². The van der Waals surface area contributed by atoms with Crippen LogP contribution in [0.25, 0.3) is 0 Å². The van der Waals surface area contributed by atoms with Gasteiger partial charge in [-0.05, 0) is 6.42 Å². The first-order chi connectivity index (χ1) is 4.74. The minimum atomic E-state index is -0.396. The average molecular weight is 144 g/mol. The zero-order valence-electron chi connectivity index (χ0n) is 5.79. The van der Waals surface area contributed by atoms with E-state index in [1.54, 1.807) is 4.90 Å².